The molecule has 0 spiro atoms. The van der Waals surface area contributed by atoms with E-state index in [9.17, 15) is 9.18 Å². The minimum atomic E-state index is -0.323. The topological polar surface area (TPSA) is 63.7 Å². The van der Waals surface area contributed by atoms with E-state index >= 15 is 0 Å². The number of hydrogen-bond acceptors (Lipinski definition) is 5. The summed E-state index contributed by atoms with van der Waals surface area (Å²) in [4.78, 5) is 18.3. The fourth-order valence-corrected chi connectivity index (χ4v) is 3.37. The predicted octanol–water partition coefficient (Wildman–Crippen LogP) is 4.20. The van der Waals surface area contributed by atoms with Crippen LogP contribution in [-0.2, 0) is 16.1 Å². The Morgan fingerprint density at radius 1 is 1.27 bits per heavy atom. The van der Waals surface area contributed by atoms with E-state index in [-0.39, 0.29) is 17.8 Å². The molecule has 1 aliphatic heterocycles. The van der Waals surface area contributed by atoms with E-state index in [4.69, 9.17) is 21.7 Å². The summed E-state index contributed by atoms with van der Waals surface area (Å²) >= 11 is 5.21. The summed E-state index contributed by atoms with van der Waals surface area (Å²) in [6.45, 7) is 3.87. The maximum atomic E-state index is 13.0. The Kier molecular flexibility index (Phi) is 7.96. The number of rotatable bonds is 9. The Balaban J connectivity index is 1.46. The van der Waals surface area contributed by atoms with Crippen molar-refractivity contribution in [3.63, 3.8) is 0 Å². The van der Waals surface area contributed by atoms with Gasteiger partial charge in [-0.1, -0.05) is 25.8 Å². The number of aromatic nitrogens is 1. The number of benzene rings is 1. The molecule has 30 heavy (non-hydrogen) atoms. The Bertz CT molecular complexity index is 846. The number of carbonyl (C=O) groups excluding carboxylic acids is 1. The number of thiocarbonyl (C=S) groups is 1. The normalized spacial score (nSPS) is 15.9. The lowest BCUT2D eigenvalue weighted by Crippen LogP contribution is -2.31. The van der Waals surface area contributed by atoms with Gasteiger partial charge in [0.15, 0.2) is 0 Å². The largest absolute Gasteiger partial charge is 0.465 e. The molecular formula is C22H26FN3O3S. The quantitative estimate of drug-likeness (QED) is 0.474. The second-order valence-electron chi connectivity index (χ2n) is 7.20. The van der Waals surface area contributed by atoms with Crippen molar-refractivity contribution in [2.45, 2.75) is 45.3 Å². The highest BCUT2D eigenvalue weighted by molar-refractivity contribution is 7.80. The number of unbranched alkanes of at least 4 members (excludes halogenated alkanes) is 2. The van der Waals surface area contributed by atoms with Gasteiger partial charge in [0.2, 0.25) is 11.8 Å². The number of amides is 1. The molecule has 0 bridgehead atoms. The Morgan fingerprint density at radius 2 is 2.07 bits per heavy atom. The van der Waals surface area contributed by atoms with Crippen LogP contribution in [0.1, 0.15) is 38.2 Å². The summed E-state index contributed by atoms with van der Waals surface area (Å²) < 4.78 is 24.3. The number of hydrogen-bond donors (Lipinski definition) is 1. The minimum absolute atomic E-state index is 0.0282. The second kappa shape index (κ2) is 10.9. The molecule has 3 rings (SSSR count). The predicted molar refractivity (Wildman–Crippen MR) is 116 cm³/mol. The molecule has 1 unspecified atom stereocenters. The van der Waals surface area contributed by atoms with Gasteiger partial charge in [-0.05, 0) is 48.5 Å². The first-order chi connectivity index (χ1) is 14.5. The average Bonchev–Trinajstić information content (AvgIpc) is 3.07. The van der Waals surface area contributed by atoms with Crippen LogP contribution < -0.4 is 10.1 Å². The number of likely N-dealkylation sites (tertiary alicyclic amines) is 1. The summed E-state index contributed by atoms with van der Waals surface area (Å²) in [5.41, 5.74) is 0.885. The van der Waals surface area contributed by atoms with Crippen molar-refractivity contribution < 1.29 is 18.7 Å². The fraction of sp³-hybridized carbons (Fsp3) is 0.409. The molecule has 1 amide bonds. The van der Waals surface area contributed by atoms with Gasteiger partial charge in [0.1, 0.15) is 17.7 Å². The van der Waals surface area contributed by atoms with Gasteiger partial charge >= 0.3 is 0 Å². The molecule has 1 aromatic carbocycles. The molecule has 0 saturated carbocycles. The number of halogens is 1. The Labute approximate surface area is 181 Å². The molecule has 6 nitrogen and oxygen atoms in total. The smallest absolute Gasteiger partial charge is 0.256 e. The Hall–Kier alpha value is -2.74. The van der Waals surface area contributed by atoms with Gasteiger partial charge in [0, 0.05) is 25.4 Å². The van der Waals surface area contributed by atoms with Crippen LogP contribution in [0.5, 0.6) is 11.6 Å². The van der Waals surface area contributed by atoms with Crippen LogP contribution in [0.4, 0.5) is 4.39 Å². The molecule has 0 aliphatic carbocycles. The summed E-state index contributed by atoms with van der Waals surface area (Å²) in [6.07, 6.45) is 5.08. The third kappa shape index (κ3) is 6.66. The van der Waals surface area contributed by atoms with Crippen LogP contribution in [0.15, 0.2) is 42.6 Å². The second-order valence-corrected chi connectivity index (χ2v) is 7.57. The average molecular weight is 432 g/mol. The van der Waals surface area contributed by atoms with Crippen LogP contribution in [-0.4, -0.2) is 40.2 Å². The summed E-state index contributed by atoms with van der Waals surface area (Å²) in [5, 5.41) is 3.44. The van der Waals surface area contributed by atoms with Crippen LogP contribution in [0.2, 0.25) is 0 Å². The van der Waals surface area contributed by atoms with E-state index in [2.05, 4.69) is 17.2 Å². The zero-order valence-electron chi connectivity index (χ0n) is 17.0. The summed E-state index contributed by atoms with van der Waals surface area (Å²) in [7, 11) is 0. The maximum Gasteiger partial charge on any atom is 0.256 e. The van der Waals surface area contributed by atoms with Crippen molar-refractivity contribution in [2.75, 3.05) is 13.1 Å². The first kappa shape index (κ1) is 22.0. The zero-order valence-corrected chi connectivity index (χ0v) is 17.8. The van der Waals surface area contributed by atoms with Gasteiger partial charge in [0.05, 0.1) is 13.0 Å². The molecule has 0 radical (unpaired) electrons. The van der Waals surface area contributed by atoms with E-state index in [1.54, 1.807) is 17.2 Å². The fourth-order valence-electron chi connectivity index (χ4n) is 3.13. The highest BCUT2D eigenvalue weighted by Gasteiger charge is 2.31. The number of nitrogens with zero attached hydrogens (tertiary/aromatic N) is 2. The molecule has 2 aromatic rings. The van der Waals surface area contributed by atoms with Crippen LogP contribution in [0.3, 0.4) is 0 Å². The van der Waals surface area contributed by atoms with Crippen molar-refractivity contribution in [3.05, 3.63) is 54.0 Å². The lowest BCUT2D eigenvalue weighted by atomic mass is 10.2. The van der Waals surface area contributed by atoms with Gasteiger partial charge in [-0.25, -0.2) is 9.37 Å². The van der Waals surface area contributed by atoms with Gasteiger partial charge in [-0.3, -0.25) is 4.79 Å². The van der Waals surface area contributed by atoms with E-state index in [1.807, 2.05) is 6.07 Å². The third-order valence-electron chi connectivity index (χ3n) is 4.71. The van der Waals surface area contributed by atoms with Crippen molar-refractivity contribution in [2.24, 2.45) is 0 Å². The molecule has 1 atom stereocenters. The molecule has 1 saturated heterocycles. The molecule has 1 aliphatic rings. The van der Waals surface area contributed by atoms with E-state index < -0.39 is 0 Å². The van der Waals surface area contributed by atoms with E-state index in [0.29, 0.717) is 36.3 Å². The van der Waals surface area contributed by atoms with Crippen molar-refractivity contribution in [1.29, 1.82) is 0 Å². The van der Waals surface area contributed by atoms with Crippen molar-refractivity contribution in [3.8, 4) is 11.6 Å². The monoisotopic (exact) mass is 431 g/mol. The standard InChI is InChI=1S/C22H26FN3O3S/c1-2-3-4-11-24-22(30)29-19-12-21(27)26(15-19)14-16-5-10-20(25-13-16)28-18-8-6-17(23)7-9-18/h5-10,13,19H,2-4,11-12,14-15H2,1H3,(H,24,30). The Morgan fingerprint density at radius 3 is 2.77 bits per heavy atom. The number of carbonyl (C=O) groups is 1. The maximum absolute atomic E-state index is 13.0. The molecule has 160 valence electrons. The van der Waals surface area contributed by atoms with Gasteiger partial charge in [0.25, 0.3) is 5.17 Å². The first-order valence-corrected chi connectivity index (χ1v) is 10.5. The zero-order chi connectivity index (χ0) is 21.3. The van der Waals surface area contributed by atoms with Crippen LogP contribution in [0.25, 0.3) is 0 Å². The molecule has 1 aromatic heterocycles. The van der Waals surface area contributed by atoms with Crippen LogP contribution in [0, 0.1) is 5.82 Å². The highest BCUT2D eigenvalue weighted by atomic mass is 32.1. The highest BCUT2D eigenvalue weighted by Crippen LogP contribution is 2.21. The number of ether oxygens (including phenoxy) is 2. The van der Waals surface area contributed by atoms with E-state index in [1.165, 1.54) is 24.3 Å². The first-order valence-electron chi connectivity index (χ1n) is 10.1. The van der Waals surface area contributed by atoms with E-state index in [0.717, 1.165) is 31.4 Å². The minimum Gasteiger partial charge on any atom is -0.465 e. The molecule has 8 heteroatoms. The summed E-state index contributed by atoms with van der Waals surface area (Å²) in [5.74, 6) is 0.612. The lowest BCUT2D eigenvalue weighted by Gasteiger charge is -2.18. The van der Waals surface area contributed by atoms with Crippen LogP contribution >= 0.6 is 12.2 Å². The van der Waals surface area contributed by atoms with Gasteiger partial charge in [-0.2, -0.15) is 0 Å². The third-order valence-corrected chi connectivity index (χ3v) is 4.95. The number of nitrogens with one attached hydrogen (secondary N) is 1. The number of pyridine rings is 1. The molecular weight excluding hydrogens is 405 g/mol. The SMILES string of the molecule is CCCCCNC(=S)OC1CC(=O)N(Cc2ccc(Oc3ccc(F)cc3)nc2)C1. The molecule has 1 fully saturated rings. The van der Waals surface area contributed by atoms with Crippen molar-refractivity contribution in [1.82, 2.24) is 15.2 Å². The lowest BCUT2D eigenvalue weighted by molar-refractivity contribution is -0.128. The molecule has 2 heterocycles. The molecule has 1 N–H and O–H groups in total. The van der Waals surface area contributed by atoms with Gasteiger partial charge < -0.3 is 19.7 Å². The van der Waals surface area contributed by atoms with Gasteiger partial charge in [-0.15, -0.1) is 0 Å². The summed E-state index contributed by atoms with van der Waals surface area (Å²) in [6, 6.07) is 9.31. The van der Waals surface area contributed by atoms with Crippen molar-refractivity contribution >= 4 is 23.3 Å².